The molecule has 0 spiro atoms. The molecule has 0 heterocycles. The summed E-state index contributed by atoms with van der Waals surface area (Å²) < 4.78 is 19.1. The molecule has 0 aliphatic rings. The van der Waals surface area contributed by atoms with Gasteiger partial charge in [0.05, 0.1) is 32.7 Å². The van der Waals surface area contributed by atoms with Crippen LogP contribution in [0.2, 0.25) is 0 Å². The van der Waals surface area contributed by atoms with E-state index in [1.807, 2.05) is 34.6 Å². The molecule has 0 unspecified atom stereocenters. The molecule has 202 valence electrons. The van der Waals surface area contributed by atoms with Crippen molar-refractivity contribution in [2.24, 2.45) is 0 Å². The van der Waals surface area contributed by atoms with Crippen molar-refractivity contribution in [1.82, 2.24) is 0 Å². The van der Waals surface area contributed by atoms with Gasteiger partial charge in [-0.15, -0.1) is 0 Å². The maximum atomic E-state index is 9.79. The molecular formula is C20H44NaO13+. The Morgan fingerprint density at radius 1 is 0.706 bits per heavy atom. The first kappa shape index (κ1) is 49.7. The molecule has 0 atom stereocenters. The maximum Gasteiger partial charge on any atom is 1.00 e. The van der Waals surface area contributed by atoms with Gasteiger partial charge in [0.1, 0.15) is 0 Å². The van der Waals surface area contributed by atoms with Gasteiger partial charge in [0.25, 0.3) is 0 Å². The third-order valence-electron chi connectivity index (χ3n) is 2.39. The van der Waals surface area contributed by atoms with Crippen LogP contribution in [0.5, 0.6) is 0 Å². The van der Waals surface area contributed by atoms with Crippen molar-refractivity contribution >= 4 is 24.1 Å². The van der Waals surface area contributed by atoms with E-state index in [0.717, 1.165) is 13.2 Å². The number of carbonyl (C=O) groups is 3. The van der Waals surface area contributed by atoms with E-state index < -0.39 is 17.9 Å². The van der Waals surface area contributed by atoms with Crippen molar-refractivity contribution in [1.29, 1.82) is 0 Å². The monoisotopic (exact) mass is 515 g/mol. The van der Waals surface area contributed by atoms with Crippen LogP contribution < -0.4 is 34.7 Å². The minimum absolute atomic E-state index is 0. The van der Waals surface area contributed by atoms with Crippen LogP contribution in [-0.4, -0.2) is 92.6 Å². The zero-order valence-corrected chi connectivity index (χ0v) is 23.3. The molecule has 13 nitrogen and oxygen atoms in total. The number of hydrogen-bond donors (Lipinski definition) is 2. The molecular weight excluding hydrogens is 471 g/mol. The smallest absolute Gasteiger partial charge is 0.550 e. The van der Waals surface area contributed by atoms with Crippen molar-refractivity contribution in [3.05, 3.63) is 0 Å². The first-order valence-electron chi connectivity index (χ1n) is 10.1. The fourth-order valence-electron chi connectivity index (χ4n) is 1.11. The largest absolute Gasteiger partial charge is 1.00 e. The number of aliphatic carboxylic acids is 3. The number of ether oxygens (including phenoxy) is 4. The number of carboxylic acid groups (broad SMARTS) is 3. The number of rotatable bonds is 14. The van der Waals surface area contributed by atoms with Crippen molar-refractivity contribution in [3.8, 4) is 0 Å². The van der Waals surface area contributed by atoms with E-state index in [1.54, 1.807) is 0 Å². The minimum atomic E-state index is -1.06. The van der Waals surface area contributed by atoms with Gasteiger partial charge in [0.15, 0.2) is 0 Å². The standard InChI is InChI=1S/3C5H10O3.C4H10O.CO2.Na.H2O.H2/c3*1-2-8-4-3-5(6)7;1-3-5-4-2;2-1-3;;;/h3*2-4H2,1H3,(H,6,7);3-4H2,1-2H3;;;1H2;1H/q;;;;;+1;;. The maximum absolute atomic E-state index is 9.79. The third kappa shape index (κ3) is 110. The van der Waals surface area contributed by atoms with Crippen molar-refractivity contribution in [2.75, 3.05) is 52.9 Å². The van der Waals surface area contributed by atoms with Gasteiger partial charge in [-0.1, -0.05) is 0 Å². The summed E-state index contributed by atoms with van der Waals surface area (Å²) in [5.41, 5.74) is 0. The Morgan fingerprint density at radius 3 is 1.09 bits per heavy atom. The summed E-state index contributed by atoms with van der Waals surface area (Å²) in [4.78, 5) is 45.5. The molecule has 0 amide bonds. The summed E-state index contributed by atoms with van der Waals surface area (Å²) in [6.07, 6.45) is 0.454. The first-order chi connectivity index (χ1) is 15.1. The summed E-state index contributed by atoms with van der Waals surface area (Å²) in [5.74, 6) is -2.67. The van der Waals surface area contributed by atoms with E-state index in [2.05, 4.69) is 0 Å². The van der Waals surface area contributed by atoms with Crippen molar-refractivity contribution < 1.29 is 96.1 Å². The summed E-state index contributed by atoms with van der Waals surface area (Å²) in [5, 5.41) is 25.8. The molecule has 0 aliphatic heterocycles. The average molecular weight is 516 g/mol. The molecule has 0 bridgehead atoms. The van der Waals surface area contributed by atoms with Crippen molar-refractivity contribution in [3.63, 3.8) is 0 Å². The van der Waals surface area contributed by atoms with Gasteiger partial charge in [-0.25, -0.2) is 0 Å². The second kappa shape index (κ2) is 53.1. The van der Waals surface area contributed by atoms with Crippen LogP contribution in [0.1, 0.15) is 56.7 Å². The average Bonchev–Trinajstić information content (AvgIpc) is 2.71. The SMILES string of the molecule is CCOCC.CCOCCC(=O)O.CCOCCC(=O)O.CCOCCC(=O)[O-].O.O=C=O.[H+].[HH].[Na+]. The van der Waals surface area contributed by atoms with Gasteiger partial charge in [-0.2, -0.15) is 9.59 Å². The molecule has 34 heavy (non-hydrogen) atoms. The first-order valence-corrected chi connectivity index (χ1v) is 10.1. The Labute approximate surface area is 226 Å². The number of carbonyl (C=O) groups excluding carboxylic acids is 3. The third-order valence-corrected chi connectivity index (χ3v) is 2.39. The van der Waals surface area contributed by atoms with Gasteiger partial charge in [-0.05, 0) is 34.6 Å². The molecule has 0 saturated carbocycles. The van der Waals surface area contributed by atoms with E-state index >= 15 is 0 Å². The Morgan fingerprint density at radius 2 is 0.941 bits per heavy atom. The normalized spacial score (nSPS) is 7.91. The van der Waals surface area contributed by atoms with Gasteiger partial charge in [-0.3, -0.25) is 9.59 Å². The number of hydrogen-bond acceptors (Lipinski definition) is 10. The van der Waals surface area contributed by atoms with Crippen molar-refractivity contribution in [2.45, 2.75) is 53.9 Å². The van der Waals surface area contributed by atoms with Crippen LogP contribution in [0.3, 0.4) is 0 Å². The molecule has 0 saturated heterocycles. The summed E-state index contributed by atoms with van der Waals surface area (Å²) in [6.45, 7) is 13.8. The Hall–Kier alpha value is -1.41. The molecule has 0 aromatic heterocycles. The van der Waals surface area contributed by atoms with Crippen LogP contribution in [-0.2, 0) is 42.9 Å². The van der Waals surface area contributed by atoms with E-state index in [0.29, 0.717) is 33.0 Å². The summed E-state index contributed by atoms with van der Waals surface area (Å²) in [6, 6.07) is 0. The molecule has 0 radical (unpaired) electrons. The Kier molecular flexibility index (Phi) is 77.6. The number of carboxylic acids is 3. The predicted octanol–water partition coefficient (Wildman–Crippen LogP) is -2.84. The van der Waals surface area contributed by atoms with Crippen LogP contribution in [0.4, 0.5) is 0 Å². The van der Waals surface area contributed by atoms with Crippen LogP contribution >= 0.6 is 0 Å². The zero-order chi connectivity index (χ0) is 26.0. The Bertz CT molecular complexity index is 390. The van der Waals surface area contributed by atoms with Gasteiger partial charge in [0.2, 0.25) is 0 Å². The summed E-state index contributed by atoms with van der Waals surface area (Å²) in [7, 11) is 0. The molecule has 0 rings (SSSR count). The fourth-order valence-corrected chi connectivity index (χ4v) is 1.11. The predicted molar refractivity (Wildman–Crippen MR) is 118 cm³/mol. The summed E-state index contributed by atoms with van der Waals surface area (Å²) >= 11 is 0. The zero-order valence-electron chi connectivity index (χ0n) is 22.3. The quantitative estimate of drug-likeness (QED) is 0.176. The second-order valence-corrected chi connectivity index (χ2v) is 4.87. The molecule has 14 heteroatoms. The fraction of sp³-hybridized carbons (Fsp3) is 0.800. The van der Waals surface area contributed by atoms with E-state index in [4.69, 9.17) is 38.7 Å². The van der Waals surface area contributed by atoms with E-state index in [9.17, 15) is 19.5 Å². The van der Waals surface area contributed by atoms with Crippen LogP contribution in [0.25, 0.3) is 0 Å². The van der Waals surface area contributed by atoms with Gasteiger partial charge < -0.3 is 44.5 Å². The molecule has 0 aromatic carbocycles. The molecule has 4 N–H and O–H groups in total. The van der Waals surface area contributed by atoms with Crippen LogP contribution in [0, 0.1) is 0 Å². The Balaban J connectivity index is -0.0000000362. The van der Waals surface area contributed by atoms with E-state index in [1.165, 1.54) is 0 Å². The molecule has 0 fully saturated rings. The van der Waals surface area contributed by atoms with Crippen LogP contribution in [0.15, 0.2) is 0 Å². The molecule has 0 aromatic rings. The van der Waals surface area contributed by atoms with E-state index in [-0.39, 0.29) is 69.9 Å². The minimum Gasteiger partial charge on any atom is -0.550 e. The van der Waals surface area contributed by atoms with Gasteiger partial charge >= 0.3 is 49.1 Å². The van der Waals surface area contributed by atoms with Gasteiger partial charge in [0, 0.05) is 46.9 Å². The second-order valence-electron chi connectivity index (χ2n) is 4.87. The molecule has 0 aliphatic carbocycles. The topological polar surface area (TPSA) is 217 Å².